The number of carbonyl (C=O) groups excluding carboxylic acids is 6. The molecule has 3 aromatic rings. The van der Waals surface area contributed by atoms with Crippen LogP contribution in [-0.2, 0) is 9.68 Å². The Morgan fingerprint density at radius 2 is 0.824 bits per heavy atom. The molecule has 34 heavy (non-hydrogen) atoms. The third kappa shape index (κ3) is 3.21. The highest BCUT2D eigenvalue weighted by Crippen LogP contribution is 2.25. The van der Waals surface area contributed by atoms with E-state index in [-0.39, 0.29) is 33.4 Å². The van der Waals surface area contributed by atoms with Crippen molar-refractivity contribution in [1.82, 2.24) is 10.1 Å². The molecule has 0 N–H and O–H groups in total. The predicted octanol–water partition coefficient (Wildman–Crippen LogP) is 2.42. The highest BCUT2D eigenvalue weighted by Gasteiger charge is 2.40. The van der Waals surface area contributed by atoms with Gasteiger partial charge in [0.2, 0.25) is 0 Å². The van der Waals surface area contributed by atoms with E-state index in [9.17, 15) is 28.8 Å². The van der Waals surface area contributed by atoms with E-state index in [0.717, 1.165) is 6.07 Å². The number of fused-ring (bicyclic) bond motifs is 2. The lowest BCUT2D eigenvalue weighted by Crippen LogP contribution is -2.33. The van der Waals surface area contributed by atoms with Crippen LogP contribution in [0.2, 0.25) is 0 Å². The number of benzene rings is 3. The molecule has 0 spiro atoms. The molecular formula is C24H12N2O8. The maximum Gasteiger partial charge on any atom is 0.363 e. The summed E-state index contributed by atoms with van der Waals surface area (Å²) in [7, 11) is 0. The third-order valence-electron chi connectivity index (χ3n) is 5.20. The standard InChI is InChI=1S/C24H12N2O8/c27-19-15-8-1-2-9-16(15)20(28)25(19)33-23(31)13-6-5-7-14(12-13)24(32)34-26-21(29)17-10-3-4-11-18(17)22(26)30/h1-12H. The lowest BCUT2D eigenvalue weighted by atomic mass is 10.1. The minimum Gasteiger partial charge on any atom is -0.324 e. The van der Waals surface area contributed by atoms with Crippen LogP contribution in [0.25, 0.3) is 0 Å². The zero-order valence-electron chi connectivity index (χ0n) is 17.1. The molecule has 0 radical (unpaired) electrons. The van der Waals surface area contributed by atoms with E-state index in [4.69, 9.17) is 9.68 Å². The number of amides is 4. The second-order valence-electron chi connectivity index (χ2n) is 7.24. The first-order valence-electron chi connectivity index (χ1n) is 9.87. The normalized spacial score (nSPS) is 14.2. The predicted molar refractivity (Wildman–Crippen MR) is 111 cm³/mol. The zero-order chi connectivity index (χ0) is 24.0. The van der Waals surface area contributed by atoms with Gasteiger partial charge >= 0.3 is 11.9 Å². The Morgan fingerprint density at radius 1 is 0.500 bits per heavy atom. The third-order valence-corrected chi connectivity index (χ3v) is 5.20. The van der Waals surface area contributed by atoms with Crippen LogP contribution in [0.15, 0.2) is 72.8 Å². The summed E-state index contributed by atoms with van der Waals surface area (Å²) < 4.78 is 0. The summed E-state index contributed by atoms with van der Waals surface area (Å²) in [5.74, 6) is -5.34. The fourth-order valence-corrected chi connectivity index (χ4v) is 3.54. The molecule has 0 saturated carbocycles. The number of carbonyl (C=O) groups is 6. The van der Waals surface area contributed by atoms with E-state index >= 15 is 0 Å². The first-order chi connectivity index (χ1) is 16.4. The van der Waals surface area contributed by atoms with Crippen molar-refractivity contribution in [1.29, 1.82) is 0 Å². The Kier molecular flexibility index (Phi) is 4.75. The van der Waals surface area contributed by atoms with Crippen molar-refractivity contribution < 1.29 is 38.4 Å². The van der Waals surface area contributed by atoms with Gasteiger partial charge in [0.05, 0.1) is 33.4 Å². The van der Waals surface area contributed by atoms with Crippen molar-refractivity contribution in [3.63, 3.8) is 0 Å². The molecule has 0 unspecified atom stereocenters. The van der Waals surface area contributed by atoms with Gasteiger partial charge in [-0.25, -0.2) is 9.59 Å². The Morgan fingerprint density at radius 3 is 1.15 bits per heavy atom. The van der Waals surface area contributed by atoms with Gasteiger partial charge in [-0.1, -0.05) is 40.5 Å². The molecule has 0 aliphatic carbocycles. The van der Waals surface area contributed by atoms with Crippen LogP contribution in [0.5, 0.6) is 0 Å². The lowest BCUT2D eigenvalue weighted by molar-refractivity contribution is -0.0591. The van der Waals surface area contributed by atoms with Crippen molar-refractivity contribution in [2.24, 2.45) is 0 Å². The topological polar surface area (TPSA) is 127 Å². The van der Waals surface area contributed by atoms with E-state index < -0.39 is 35.6 Å². The number of hydrogen-bond acceptors (Lipinski definition) is 8. The van der Waals surface area contributed by atoms with Gasteiger partial charge in [0, 0.05) is 0 Å². The molecule has 2 aliphatic heterocycles. The zero-order valence-corrected chi connectivity index (χ0v) is 17.1. The van der Waals surface area contributed by atoms with Gasteiger partial charge in [-0.05, 0) is 42.5 Å². The minimum atomic E-state index is -1.08. The number of nitrogens with zero attached hydrogens (tertiary/aromatic N) is 2. The number of hydrogen-bond donors (Lipinski definition) is 0. The van der Waals surface area contributed by atoms with Gasteiger partial charge in [-0.2, -0.15) is 0 Å². The molecule has 0 bridgehead atoms. The molecule has 166 valence electrons. The van der Waals surface area contributed by atoms with E-state index in [1.807, 2.05) is 0 Å². The van der Waals surface area contributed by atoms with Crippen LogP contribution in [-0.4, -0.2) is 45.7 Å². The van der Waals surface area contributed by atoms with E-state index in [1.165, 1.54) is 42.5 Å². The van der Waals surface area contributed by atoms with Crippen LogP contribution in [0.4, 0.5) is 0 Å². The summed E-state index contributed by atoms with van der Waals surface area (Å²) in [5.41, 5.74) is 0.0380. The largest absolute Gasteiger partial charge is 0.363 e. The quantitative estimate of drug-likeness (QED) is 0.548. The Labute approximate surface area is 190 Å². The van der Waals surface area contributed by atoms with Gasteiger partial charge in [-0.15, -0.1) is 0 Å². The smallest absolute Gasteiger partial charge is 0.324 e. The number of hydroxylamine groups is 4. The Balaban J connectivity index is 1.31. The second kappa shape index (κ2) is 7.78. The SMILES string of the molecule is O=C(ON1C(=O)c2ccccc2C1=O)c1cccc(C(=O)ON2C(=O)c3ccccc3C2=O)c1. The summed E-state index contributed by atoms with van der Waals surface area (Å²) in [6.45, 7) is 0. The van der Waals surface area contributed by atoms with Crippen molar-refractivity contribution >= 4 is 35.6 Å². The van der Waals surface area contributed by atoms with Gasteiger partial charge in [0.25, 0.3) is 23.6 Å². The first kappa shape index (κ1) is 20.8. The molecule has 2 heterocycles. The Hall–Kier alpha value is -5.12. The molecule has 10 nitrogen and oxygen atoms in total. The van der Waals surface area contributed by atoms with Gasteiger partial charge < -0.3 is 9.68 Å². The van der Waals surface area contributed by atoms with Crippen LogP contribution < -0.4 is 0 Å². The maximum atomic E-state index is 12.6. The van der Waals surface area contributed by atoms with Gasteiger partial charge in [0.1, 0.15) is 0 Å². The fraction of sp³-hybridized carbons (Fsp3) is 0. The first-order valence-corrected chi connectivity index (χ1v) is 9.87. The van der Waals surface area contributed by atoms with Crippen LogP contribution in [0, 0.1) is 0 Å². The second-order valence-corrected chi connectivity index (χ2v) is 7.24. The Bertz CT molecular complexity index is 1270. The van der Waals surface area contributed by atoms with Crippen LogP contribution >= 0.6 is 0 Å². The molecule has 5 rings (SSSR count). The van der Waals surface area contributed by atoms with Crippen LogP contribution in [0.1, 0.15) is 62.1 Å². The lowest BCUT2D eigenvalue weighted by Gasteiger charge is -2.14. The van der Waals surface area contributed by atoms with Crippen LogP contribution in [0.3, 0.4) is 0 Å². The molecule has 3 aromatic carbocycles. The highest BCUT2D eigenvalue weighted by atomic mass is 16.7. The molecule has 0 aromatic heterocycles. The number of rotatable bonds is 4. The molecule has 0 saturated heterocycles. The monoisotopic (exact) mass is 456 g/mol. The molecule has 0 fully saturated rings. The number of imide groups is 2. The summed E-state index contributed by atoms with van der Waals surface area (Å²) >= 11 is 0. The average molecular weight is 456 g/mol. The van der Waals surface area contributed by atoms with E-state index in [0.29, 0.717) is 10.1 Å². The van der Waals surface area contributed by atoms with Crippen molar-refractivity contribution in [3.05, 3.63) is 106 Å². The van der Waals surface area contributed by atoms with Crippen molar-refractivity contribution in [3.8, 4) is 0 Å². The highest BCUT2D eigenvalue weighted by molar-refractivity contribution is 6.22. The summed E-state index contributed by atoms with van der Waals surface area (Å²) in [6.07, 6.45) is 0. The van der Waals surface area contributed by atoms with E-state index in [2.05, 4.69) is 0 Å². The van der Waals surface area contributed by atoms with Gasteiger partial charge in [-0.3, -0.25) is 19.2 Å². The average Bonchev–Trinajstić information content (AvgIpc) is 3.25. The van der Waals surface area contributed by atoms with E-state index in [1.54, 1.807) is 24.3 Å². The van der Waals surface area contributed by atoms with Gasteiger partial charge in [0.15, 0.2) is 0 Å². The maximum absolute atomic E-state index is 12.6. The summed E-state index contributed by atoms with van der Waals surface area (Å²) in [5, 5.41) is 0.688. The summed E-state index contributed by atoms with van der Waals surface area (Å²) in [6, 6.07) is 17.0. The molecule has 0 atom stereocenters. The summed E-state index contributed by atoms with van der Waals surface area (Å²) in [4.78, 5) is 84.6. The molecule has 2 aliphatic rings. The fourth-order valence-electron chi connectivity index (χ4n) is 3.54. The minimum absolute atomic E-state index is 0.0959. The molecule has 10 heteroatoms. The molecular weight excluding hydrogens is 444 g/mol. The van der Waals surface area contributed by atoms with Crippen molar-refractivity contribution in [2.75, 3.05) is 0 Å². The molecule has 4 amide bonds. The van der Waals surface area contributed by atoms with Crippen molar-refractivity contribution in [2.45, 2.75) is 0 Å².